The second-order valence-corrected chi connectivity index (χ2v) is 11.4. The Hall–Kier alpha value is -4.52. The van der Waals surface area contributed by atoms with E-state index in [1.54, 1.807) is 18.2 Å². The Balaban J connectivity index is 1.41. The maximum atomic E-state index is 14.0. The minimum absolute atomic E-state index is 0.00831. The fraction of sp³-hybridized carbons (Fsp3) is 0.259. The smallest absolute Gasteiger partial charge is 0.459 e. The van der Waals surface area contributed by atoms with Crippen LogP contribution in [0.3, 0.4) is 0 Å². The van der Waals surface area contributed by atoms with E-state index >= 15 is 0 Å². The fourth-order valence-electron chi connectivity index (χ4n) is 4.58. The van der Waals surface area contributed by atoms with Crippen LogP contribution in [0, 0.1) is 30.1 Å². The van der Waals surface area contributed by atoms with Crippen LogP contribution in [0.2, 0.25) is 0 Å². The number of carboxylic acid groups (broad SMARTS) is 1. The van der Waals surface area contributed by atoms with Crippen molar-refractivity contribution in [2.45, 2.75) is 36.8 Å². The SMILES string of the molecule is C#C[C@]1(CO[P@](=O)(NC(Cc2cc(F)cc(F)c2)C(=O)O)Oc2ccccc2)O[C@@H](n2cnc3c(N)nc(F)nc32)C[C@@H]1O. The third kappa shape index (κ3) is 6.52. The summed E-state index contributed by atoms with van der Waals surface area (Å²) in [7, 11) is -4.69. The summed E-state index contributed by atoms with van der Waals surface area (Å²) in [6, 6.07) is 8.31. The van der Waals surface area contributed by atoms with Gasteiger partial charge in [-0.05, 0) is 36.2 Å². The second kappa shape index (κ2) is 12.2. The van der Waals surface area contributed by atoms with Gasteiger partial charge in [0.1, 0.15) is 42.4 Å². The number of halogens is 3. The number of hydrogen-bond donors (Lipinski definition) is 4. The first-order chi connectivity index (χ1) is 20.9. The third-order valence-corrected chi connectivity index (χ3v) is 8.23. The number of carbonyl (C=O) groups is 1. The highest BCUT2D eigenvalue weighted by Gasteiger charge is 2.50. The summed E-state index contributed by atoms with van der Waals surface area (Å²) in [6.07, 6.45) is 2.63. The van der Waals surface area contributed by atoms with Crippen LogP contribution in [0.15, 0.2) is 54.9 Å². The molecular formula is C27H24F3N6O7P. The highest BCUT2D eigenvalue weighted by Crippen LogP contribution is 2.48. The average molecular weight is 632 g/mol. The first-order valence-electron chi connectivity index (χ1n) is 12.8. The van der Waals surface area contributed by atoms with Gasteiger partial charge in [0.05, 0.1) is 6.33 Å². The fourth-order valence-corrected chi connectivity index (χ4v) is 6.10. The summed E-state index contributed by atoms with van der Waals surface area (Å²) < 4.78 is 73.8. The minimum atomic E-state index is -4.69. The van der Waals surface area contributed by atoms with E-state index in [-0.39, 0.29) is 34.7 Å². The number of nitrogens with one attached hydrogen (secondary N) is 1. The van der Waals surface area contributed by atoms with E-state index in [2.05, 4.69) is 26.0 Å². The summed E-state index contributed by atoms with van der Waals surface area (Å²) in [5, 5.41) is 23.1. The summed E-state index contributed by atoms with van der Waals surface area (Å²) in [5.74, 6) is -1.35. The highest BCUT2D eigenvalue weighted by atomic mass is 31.2. The Bertz CT molecular complexity index is 1770. The highest BCUT2D eigenvalue weighted by molar-refractivity contribution is 7.52. The third-order valence-electron chi connectivity index (χ3n) is 6.68. The number of aliphatic carboxylic acids is 1. The molecule has 1 saturated heterocycles. The van der Waals surface area contributed by atoms with Crippen molar-refractivity contribution in [3.63, 3.8) is 0 Å². The number of aliphatic hydroxyl groups is 1. The van der Waals surface area contributed by atoms with Crippen LogP contribution in [-0.2, 0) is 25.0 Å². The van der Waals surface area contributed by atoms with Gasteiger partial charge in [-0.1, -0.05) is 24.1 Å². The van der Waals surface area contributed by atoms with E-state index in [1.807, 2.05) is 0 Å². The number of terminal acetylenes is 1. The number of ether oxygens (including phenoxy) is 1. The van der Waals surface area contributed by atoms with Crippen LogP contribution in [-0.4, -0.2) is 60.1 Å². The molecule has 1 fully saturated rings. The molecule has 0 spiro atoms. The van der Waals surface area contributed by atoms with Crippen molar-refractivity contribution in [3.05, 3.63) is 78.1 Å². The lowest BCUT2D eigenvalue weighted by Gasteiger charge is -2.30. The van der Waals surface area contributed by atoms with Crippen LogP contribution < -0.4 is 15.3 Å². The molecule has 0 bridgehead atoms. The molecule has 1 unspecified atom stereocenters. The van der Waals surface area contributed by atoms with E-state index in [0.717, 1.165) is 12.1 Å². The summed E-state index contributed by atoms with van der Waals surface area (Å²) in [4.78, 5) is 23.3. The van der Waals surface area contributed by atoms with Crippen LogP contribution in [0.5, 0.6) is 5.75 Å². The van der Waals surface area contributed by atoms with Crippen LogP contribution in [0.4, 0.5) is 19.0 Å². The topological polar surface area (TPSA) is 184 Å². The molecule has 0 amide bonds. The number of fused-ring (bicyclic) bond motifs is 1. The van der Waals surface area contributed by atoms with E-state index in [4.69, 9.17) is 25.9 Å². The quantitative estimate of drug-likeness (QED) is 0.108. The zero-order valence-electron chi connectivity index (χ0n) is 22.5. The Kier molecular flexibility index (Phi) is 8.60. The van der Waals surface area contributed by atoms with Crippen molar-refractivity contribution >= 4 is 30.7 Å². The maximum Gasteiger partial charge on any atom is 0.459 e. The first kappa shape index (κ1) is 30.9. The molecule has 0 saturated carbocycles. The van der Waals surface area contributed by atoms with Crippen molar-refractivity contribution in [2.24, 2.45) is 0 Å². The van der Waals surface area contributed by atoms with Gasteiger partial charge in [-0.15, -0.1) is 6.42 Å². The molecule has 3 heterocycles. The van der Waals surface area contributed by atoms with E-state index < -0.39 is 68.4 Å². The van der Waals surface area contributed by atoms with Gasteiger partial charge in [-0.2, -0.15) is 19.4 Å². The van der Waals surface area contributed by atoms with Gasteiger partial charge in [0.15, 0.2) is 22.6 Å². The van der Waals surface area contributed by atoms with Crippen LogP contribution >= 0.6 is 7.75 Å². The summed E-state index contributed by atoms with van der Waals surface area (Å²) in [5.41, 5.74) is 3.72. The molecule has 5 rings (SSSR count). The largest absolute Gasteiger partial charge is 0.480 e. The Morgan fingerprint density at radius 1 is 1.25 bits per heavy atom. The zero-order chi connectivity index (χ0) is 31.6. The van der Waals surface area contributed by atoms with Crippen molar-refractivity contribution in [1.82, 2.24) is 24.6 Å². The predicted octanol–water partition coefficient (Wildman–Crippen LogP) is 2.97. The number of nitrogens with zero attached hydrogens (tertiary/aromatic N) is 4. The molecule has 230 valence electrons. The molecular weight excluding hydrogens is 608 g/mol. The molecule has 5 atom stereocenters. The van der Waals surface area contributed by atoms with E-state index in [1.165, 1.54) is 23.0 Å². The first-order valence-corrected chi connectivity index (χ1v) is 14.4. The molecule has 1 aliphatic heterocycles. The molecule has 0 radical (unpaired) electrons. The van der Waals surface area contributed by atoms with Gasteiger partial charge >= 0.3 is 19.8 Å². The molecule has 1 aliphatic rings. The van der Waals surface area contributed by atoms with Crippen LogP contribution in [0.25, 0.3) is 11.2 Å². The Morgan fingerprint density at radius 3 is 2.61 bits per heavy atom. The standard InChI is InChI=1S/C27H24F3N6O7P/c1-2-27(20(37)12-21(42-27)36-14-32-22-23(31)33-26(30)34-24(22)36)13-41-44(40,43-18-6-4-3-5-7-18)35-19(25(38)39)10-15-8-16(28)11-17(29)9-15/h1,3-9,11,14,19-21,37H,10,12-13H2,(H,35,40)(H,38,39)(H2,31,33,34)/t19?,20-,21+,27+,44+/m0/s1. The maximum absolute atomic E-state index is 14.0. The zero-order valence-corrected chi connectivity index (χ0v) is 23.4. The van der Waals surface area contributed by atoms with E-state index in [0.29, 0.717) is 6.07 Å². The molecule has 4 aromatic rings. The average Bonchev–Trinajstić information content (AvgIpc) is 3.52. The molecule has 44 heavy (non-hydrogen) atoms. The second-order valence-electron chi connectivity index (χ2n) is 9.74. The predicted molar refractivity (Wildman–Crippen MR) is 147 cm³/mol. The van der Waals surface area contributed by atoms with Crippen molar-refractivity contribution in [1.29, 1.82) is 0 Å². The van der Waals surface area contributed by atoms with Gasteiger partial charge in [-0.3, -0.25) is 13.9 Å². The number of aliphatic hydroxyl groups excluding tert-OH is 1. The van der Waals surface area contributed by atoms with Crippen molar-refractivity contribution in [2.75, 3.05) is 12.3 Å². The van der Waals surface area contributed by atoms with Gasteiger partial charge < -0.3 is 25.2 Å². The lowest BCUT2D eigenvalue weighted by atomic mass is 9.99. The number of anilines is 1. The van der Waals surface area contributed by atoms with Gasteiger partial charge in [0, 0.05) is 12.5 Å². The lowest BCUT2D eigenvalue weighted by Crippen LogP contribution is -2.44. The number of aromatic nitrogens is 4. The Labute approximate surface area is 247 Å². The number of nitrogens with two attached hydrogens (primary N) is 1. The monoisotopic (exact) mass is 632 g/mol. The van der Waals surface area contributed by atoms with E-state index in [9.17, 15) is 32.7 Å². The summed E-state index contributed by atoms with van der Waals surface area (Å²) in [6.45, 7) is -0.794. The number of rotatable bonds is 11. The summed E-state index contributed by atoms with van der Waals surface area (Å²) >= 11 is 0. The lowest BCUT2D eigenvalue weighted by molar-refractivity contribution is -0.139. The van der Waals surface area contributed by atoms with Crippen molar-refractivity contribution in [3.8, 4) is 18.1 Å². The van der Waals surface area contributed by atoms with Gasteiger partial charge in [0.25, 0.3) is 0 Å². The van der Waals surface area contributed by atoms with Gasteiger partial charge in [0.2, 0.25) is 0 Å². The van der Waals surface area contributed by atoms with Crippen LogP contribution in [0.1, 0.15) is 18.2 Å². The van der Waals surface area contributed by atoms with Crippen molar-refractivity contribution < 1.29 is 46.5 Å². The number of benzene rings is 2. The van der Waals surface area contributed by atoms with Gasteiger partial charge in [-0.25, -0.2) is 18.3 Å². The number of para-hydroxylation sites is 1. The normalized spacial score (nSPS) is 21.9. The molecule has 0 aliphatic carbocycles. The molecule has 17 heteroatoms. The molecule has 5 N–H and O–H groups in total. The Morgan fingerprint density at radius 2 is 1.95 bits per heavy atom. The number of hydrogen-bond acceptors (Lipinski definition) is 10. The molecule has 2 aromatic heterocycles. The molecule has 2 aromatic carbocycles. The number of carboxylic acids is 1. The number of imidazole rings is 1. The molecule has 13 nitrogen and oxygen atoms in total. The number of nitrogen functional groups attached to an aromatic ring is 1. The minimum Gasteiger partial charge on any atom is -0.480 e.